The Morgan fingerprint density at radius 1 is 1.18 bits per heavy atom. The number of piperazine rings is 1. The topological polar surface area (TPSA) is 137 Å². The standard InChI is InChI=1S/C22H24F6N8O4/c1-11(30-12-8-29-33-19(38)17(12)22(26,27)28)10-40-6-3-16(37)35-4-5-36-14(9-35)20(39)34(2)13-7-15(21(23,24)25)31-32-18(13)36/h7-8,11,14H,3-6,9-10H2,1-2H3,(H2,30,33,38)/t11-,14+/m0/s1. The number of rotatable bonds is 7. The number of amides is 2. The Balaban J connectivity index is 1.30. The van der Waals surface area contributed by atoms with Gasteiger partial charge in [0.05, 0.1) is 43.8 Å². The Hall–Kier alpha value is -3.96. The van der Waals surface area contributed by atoms with Gasteiger partial charge in [-0.2, -0.15) is 31.4 Å². The third kappa shape index (κ3) is 5.95. The minimum Gasteiger partial charge on any atom is -0.379 e. The van der Waals surface area contributed by atoms with Crippen molar-refractivity contribution in [2.24, 2.45) is 0 Å². The van der Waals surface area contributed by atoms with Crippen LogP contribution in [0.5, 0.6) is 0 Å². The van der Waals surface area contributed by atoms with Crippen LogP contribution in [0.15, 0.2) is 17.1 Å². The molecule has 4 rings (SSSR count). The fraction of sp³-hybridized carbons (Fsp3) is 0.545. The number of H-pyrrole nitrogens is 1. The molecule has 0 bridgehead atoms. The maximum atomic E-state index is 13.2. The lowest BCUT2D eigenvalue weighted by molar-refractivity contribution is -0.142. The molecule has 0 aromatic carbocycles. The number of halogens is 6. The van der Waals surface area contributed by atoms with E-state index in [4.69, 9.17) is 4.74 Å². The molecular formula is C22H24F6N8O4. The summed E-state index contributed by atoms with van der Waals surface area (Å²) in [6.45, 7) is 1.63. The van der Waals surface area contributed by atoms with Crippen LogP contribution in [-0.2, 0) is 26.7 Å². The van der Waals surface area contributed by atoms with Crippen molar-refractivity contribution in [1.29, 1.82) is 0 Å². The van der Waals surface area contributed by atoms with E-state index in [0.29, 0.717) is 0 Å². The van der Waals surface area contributed by atoms with Crippen LogP contribution in [0.1, 0.15) is 24.6 Å². The highest BCUT2D eigenvalue weighted by Gasteiger charge is 2.44. The minimum atomic E-state index is -4.90. The van der Waals surface area contributed by atoms with Crippen molar-refractivity contribution in [3.05, 3.63) is 33.9 Å². The summed E-state index contributed by atoms with van der Waals surface area (Å²) in [6.07, 6.45) is -8.87. The van der Waals surface area contributed by atoms with Crippen LogP contribution in [-0.4, -0.2) is 89.1 Å². The van der Waals surface area contributed by atoms with Gasteiger partial charge in [-0.15, -0.1) is 10.2 Å². The zero-order chi connectivity index (χ0) is 29.4. The second-order valence-corrected chi connectivity index (χ2v) is 9.24. The molecule has 0 unspecified atom stereocenters. The summed E-state index contributed by atoms with van der Waals surface area (Å²) in [5.74, 6) is -0.741. The normalized spacial score (nSPS) is 18.4. The number of ether oxygens (including phenoxy) is 1. The second-order valence-electron chi connectivity index (χ2n) is 9.24. The van der Waals surface area contributed by atoms with Crippen molar-refractivity contribution in [2.75, 3.05) is 55.0 Å². The molecule has 2 aliphatic heterocycles. The minimum absolute atomic E-state index is 0.0299. The molecule has 4 heterocycles. The molecular weight excluding hydrogens is 554 g/mol. The van der Waals surface area contributed by atoms with Crippen molar-refractivity contribution < 1.29 is 40.7 Å². The van der Waals surface area contributed by atoms with Crippen molar-refractivity contribution >= 4 is 29.0 Å². The van der Waals surface area contributed by atoms with E-state index >= 15 is 0 Å². The number of hydrogen-bond acceptors (Lipinski definition) is 9. The van der Waals surface area contributed by atoms with Crippen LogP contribution >= 0.6 is 0 Å². The molecule has 2 amide bonds. The molecule has 0 spiro atoms. The van der Waals surface area contributed by atoms with E-state index in [9.17, 15) is 40.7 Å². The van der Waals surface area contributed by atoms with Gasteiger partial charge < -0.3 is 24.8 Å². The van der Waals surface area contributed by atoms with Gasteiger partial charge in [0.15, 0.2) is 11.5 Å². The van der Waals surface area contributed by atoms with Crippen molar-refractivity contribution in [2.45, 2.75) is 37.8 Å². The predicted molar refractivity (Wildman–Crippen MR) is 127 cm³/mol. The fourth-order valence-electron chi connectivity index (χ4n) is 4.46. The number of aromatic amines is 1. The number of fused-ring (bicyclic) bond motifs is 3. The van der Waals surface area contributed by atoms with Gasteiger partial charge in [0, 0.05) is 26.2 Å². The molecule has 2 N–H and O–H groups in total. The summed E-state index contributed by atoms with van der Waals surface area (Å²) < 4.78 is 84.1. The molecule has 218 valence electrons. The lowest BCUT2D eigenvalue weighted by atomic mass is 10.1. The summed E-state index contributed by atoms with van der Waals surface area (Å²) in [4.78, 5) is 41.3. The maximum Gasteiger partial charge on any atom is 0.435 e. The number of carbonyl (C=O) groups excluding carboxylic acids is 2. The Bertz CT molecular complexity index is 1330. The average molecular weight is 578 g/mol. The first kappa shape index (κ1) is 29.0. The number of nitrogens with one attached hydrogen (secondary N) is 2. The van der Waals surface area contributed by atoms with Gasteiger partial charge in [-0.25, -0.2) is 5.10 Å². The first-order chi connectivity index (χ1) is 18.7. The van der Waals surface area contributed by atoms with Gasteiger partial charge in [0.25, 0.3) is 11.5 Å². The van der Waals surface area contributed by atoms with Gasteiger partial charge in [0.1, 0.15) is 11.6 Å². The first-order valence-corrected chi connectivity index (χ1v) is 11.9. The molecule has 2 aromatic heterocycles. The SMILES string of the molecule is C[C@@H](COCCC(=O)N1CCN2c3nnc(C(F)(F)F)cc3N(C)C(=O)[C@H]2C1)Nc1cn[nH]c(=O)c1C(F)(F)F. The van der Waals surface area contributed by atoms with E-state index < -0.39 is 52.8 Å². The monoisotopic (exact) mass is 578 g/mol. The molecule has 1 saturated heterocycles. The number of hydrogen-bond donors (Lipinski definition) is 2. The van der Waals surface area contributed by atoms with Crippen LogP contribution in [0.25, 0.3) is 0 Å². The Morgan fingerprint density at radius 2 is 1.90 bits per heavy atom. The van der Waals surface area contributed by atoms with E-state index in [1.807, 2.05) is 0 Å². The lowest BCUT2D eigenvalue weighted by Crippen LogP contribution is -2.63. The third-order valence-electron chi connectivity index (χ3n) is 6.40. The molecule has 0 radical (unpaired) electrons. The summed E-state index contributed by atoms with van der Waals surface area (Å²) in [6, 6.07) is -0.771. The summed E-state index contributed by atoms with van der Waals surface area (Å²) in [7, 11) is 1.32. The number of likely N-dealkylation sites (N-methyl/N-ethyl adjacent to an activating group) is 1. The quantitative estimate of drug-likeness (QED) is 0.370. The Kier molecular flexibility index (Phi) is 7.91. The molecule has 1 fully saturated rings. The number of nitrogens with zero attached hydrogens (tertiary/aromatic N) is 6. The van der Waals surface area contributed by atoms with Gasteiger partial charge in [-0.1, -0.05) is 0 Å². The molecule has 12 nitrogen and oxygen atoms in total. The third-order valence-corrected chi connectivity index (χ3v) is 6.40. The molecule has 2 atom stereocenters. The number of aromatic nitrogens is 4. The lowest BCUT2D eigenvalue weighted by Gasteiger charge is -2.46. The second kappa shape index (κ2) is 10.9. The zero-order valence-corrected chi connectivity index (χ0v) is 21.1. The largest absolute Gasteiger partial charge is 0.435 e. The van der Waals surface area contributed by atoms with Crippen molar-refractivity contribution in [1.82, 2.24) is 25.3 Å². The van der Waals surface area contributed by atoms with Crippen LogP contribution < -0.4 is 20.7 Å². The highest BCUT2D eigenvalue weighted by atomic mass is 19.4. The van der Waals surface area contributed by atoms with Gasteiger partial charge >= 0.3 is 12.4 Å². The van der Waals surface area contributed by atoms with E-state index in [2.05, 4.69) is 20.6 Å². The van der Waals surface area contributed by atoms with Gasteiger partial charge in [-0.05, 0) is 13.0 Å². The van der Waals surface area contributed by atoms with E-state index in [-0.39, 0.29) is 56.7 Å². The zero-order valence-electron chi connectivity index (χ0n) is 21.1. The molecule has 40 heavy (non-hydrogen) atoms. The van der Waals surface area contributed by atoms with E-state index in [0.717, 1.165) is 17.2 Å². The summed E-state index contributed by atoms with van der Waals surface area (Å²) in [5, 5.41) is 14.6. The van der Waals surface area contributed by atoms with Crippen molar-refractivity contribution in [3.8, 4) is 0 Å². The smallest absolute Gasteiger partial charge is 0.379 e. The highest BCUT2D eigenvalue weighted by molar-refractivity contribution is 6.05. The predicted octanol–water partition coefficient (Wildman–Crippen LogP) is 1.50. The fourth-order valence-corrected chi connectivity index (χ4v) is 4.46. The Labute approximate surface area is 222 Å². The van der Waals surface area contributed by atoms with E-state index in [1.165, 1.54) is 23.8 Å². The molecule has 0 aliphatic carbocycles. The number of carbonyl (C=O) groups is 2. The highest BCUT2D eigenvalue weighted by Crippen LogP contribution is 2.38. The first-order valence-electron chi connectivity index (χ1n) is 11.9. The van der Waals surface area contributed by atoms with Crippen LogP contribution in [0.3, 0.4) is 0 Å². The molecule has 2 aromatic rings. The average Bonchev–Trinajstić information content (AvgIpc) is 2.87. The van der Waals surface area contributed by atoms with Crippen LogP contribution in [0.2, 0.25) is 0 Å². The molecule has 2 aliphatic rings. The summed E-state index contributed by atoms with van der Waals surface area (Å²) in [5.41, 5.74) is -4.57. The number of anilines is 3. The molecule has 0 saturated carbocycles. The molecule has 18 heteroatoms. The van der Waals surface area contributed by atoms with Crippen LogP contribution in [0.4, 0.5) is 43.5 Å². The van der Waals surface area contributed by atoms with E-state index in [1.54, 1.807) is 5.10 Å². The van der Waals surface area contributed by atoms with Crippen molar-refractivity contribution in [3.63, 3.8) is 0 Å². The van der Waals surface area contributed by atoms with Gasteiger partial charge in [0.2, 0.25) is 5.91 Å². The summed E-state index contributed by atoms with van der Waals surface area (Å²) >= 11 is 0. The Morgan fingerprint density at radius 3 is 2.58 bits per heavy atom. The number of alkyl halides is 6. The van der Waals surface area contributed by atoms with Gasteiger partial charge in [-0.3, -0.25) is 14.4 Å². The maximum absolute atomic E-state index is 13.2. The van der Waals surface area contributed by atoms with Crippen LogP contribution in [0, 0.1) is 0 Å².